The van der Waals surface area contributed by atoms with Crippen LogP contribution in [0, 0.1) is 0 Å². The van der Waals surface area contributed by atoms with Crippen molar-refractivity contribution in [2.75, 3.05) is 11.9 Å². The minimum absolute atomic E-state index is 0.586. The Morgan fingerprint density at radius 2 is 2.40 bits per heavy atom. The number of nitrogens with one attached hydrogen (secondary N) is 1. The highest BCUT2D eigenvalue weighted by atomic mass is 35.5. The number of aromatic nitrogens is 1. The van der Waals surface area contributed by atoms with Gasteiger partial charge in [-0.25, -0.2) is 4.98 Å². The van der Waals surface area contributed by atoms with Crippen molar-refractivity contribution in [1.82, 2.24) is 4.98 Å². The molecule has 2 heterocycles. The summed E-state index contributed by atoms with van der Waals surface area (Å²) in [5.41, 5.74) is 2.22. The molecule has 0 saturated carbocycles. The molecule has 52 valence electrons. The fourth-order valence-corrected chi connectivity index (χ4v) is 1.31. The highest BCUT2D eigenvalue weighted by Crippen LogP contribution is 2.21. The van der Waals surface area contributed by atoms with E-state index in [0.29, 0.717) is 5.15 Å². The second kappa shape index (κ2) is 2.13. The molecule has 0 aromatic carbocycles. The van der Waals surface area contributed by atoms with Crippen LogP contribution in [0.2, 0.25) is 5.15 Å². The number of hydrogen-bond acceptors (Lipinski definition) is 2. The van der Waals surface area contributed by atoms with Crippen molar-refractivity contribution in [3.8, 4) is 0 Å². The van der Waals surface area contributed by atoms with Gasteiger partial charge in [0.1, 0.15) is 5.15 Å². The predicted octanol–water partition coefficient (Wildman–Crippen LogP) is 1.70. The largest absolute Gasteiger partial charge is 0.383 e. The van der Waals surface area contributed by atoms with Gasteiger partial charge in [0.15, 0.2) is 0 Å². The van der Waals surface area contributed by atoms with Crippen molar-refractivity contribution in [2.24, 2.45) is 0 Å². The summed E-state index contributed by atoms with van der Waals surface area (Å²) in [7, 11) is 0. The number of rotatable bonds is 0. The minimum Gasteiger partial charge on any atom is -0.383 e. The predicted molar refractivity (Wildman–Crippen MR) is 41.4 cm³/mol. The molecule has 2 rings (SSSR count). The number of nitrogens with zero attached hydrogens (tertiary/aromatic N) is 1. The maximum absolute atomic E-state index is 5.68. The SMILES string of the molecule is Clc1ccc2c(n1)CCN2. The van der Waals surface area contributed by atoms with Gasteiger partial charge in [-0.2, -0.15) is 0 Å². The van der Waals surface area contributed by atoms with Crippen LogP contribution in [-0.2, 0) is 6.42 Å². The van der Waals surface area contributed by atoms with Crippen LogP contribution >= 0.6 is 11.6 Å². The fourth-order valence-electron chi connectivity index (χ4n) is 1.14. The zero-order chi connectivity index (χ0) is 6.97. The molecule has 0 unspecified atom stereocenters. The van der Waals surface area contributed by atoms with E-state index in [0.717, 1.165) is 24.3 Å². The lowest BCUT2D eigenvalue weighted by molar-refractivity contribution is 1.04. The molecule has 0 aliphatic carbocycles. The first-order valence-electron chi connectivity index (χ1n) is 3.25. The van der Waals surface area contributed by atoms with Gasteiger partial charge in [0.05, 0.1) is 11.4 Å². The van der Waals surface area contributed by atoms with Crippen LogP contribution in [0.15, 0.2) is 12.1 Å². The molecular weight excluding hydrogens is 148 g/mol. The maximum atomic E-state index is 5.68. The van der Waals surface area contributed by atoms with Crippen molar-refractivity contribution in [3.05, 3.63) is 23.0 Å². The highest BCUT2D eigenvalue weighted by Gasteiger charge is 2.10. The quantitative estimate of drug-likeness (QED) is 0.576. The second-order valence-electron chi connectivity index (χ2n) is 2.31. The number of anilines is 1. The van der Waals surface area contributed by atoms with Crippen LogP contribution in [0.5, 0.6) is 0 Å². The standard InChI is InChI=1S/C7H7ClN2/c8-7-2-1-5-6(10-7)3-4-9-5/h1-2,9H,3-4H2. The van der Waals surface area contributed by atoms with Crippen molar-refractivity contribution in [3.63, 3.8) is 0 Å². The molecule has 0 radical (unpaired) electrons. The van der Waals surface area contributed by atoms with Crippen molar-refractivity contribution >= 4 is 17.3 Å². The first-order chi connectivity index (χ1) is 4.86. The Kier molecular flexibility index (Phi) is 1.27. The van der Waals surface area contributed by atoms with Crippen molar-refractivity contribution < 1.29 is 0 Å². The second-order valence-corrected chi connectivity index (χ2v) is 2.69. The minimum atomic E-state index is 0.586. The van der Waals surface area contributed by atoms with Crippen LogP contribution < -0.4 is 5.32 Å². The van der Waals surface area contributed by atoms with Gasteiger partial charge in [-0.1, -0.05) is 11.6 Å². The Labute approximate surface area is 64.2 Å². The monoisotopic (exact) mass is 154 g/mol. The van der Waals surface area contributed by atoms with E-state index < -0.39 is 0 Å². The Balaban J connectivity index is 2.52. The van der Waals surface area contributed by atoms with Crippen molar-refractivity contribution in [2.45, 2.75) is 6.42 Å². The Morgan fingerprint density at radius 3 is 3.30 bits per heavy atom. The number of pyridine rings is 1. The molecule has 1 aromatic heterocycles. The van der Waals surface area contributed by atoms with E-state index in [-0.39, 0.29) is 0 Å². The zero-order valence-corrected chi connectivity index (χ0v) is 6.15. The third-order valence-corrected chi connectivity index (χ3v) is 1.83. The molecular formula is C7H7ClN2. The van der Waals surface area contributed by atoms with Gasteiger partial charge in [-0.3, -0.25) is 0 Å². The van der Waals surface area contributed by atoms with E-state index >= 15 is 0 Å². The normalized spacial score (nSPS) is 14.5. The third-order valence-electron chi connectivity index (χ3n) is 1.62. The van der Waals surface area contributed by atoms with Crippen molar-refractivity contribution in [1.29, 1.82) is 0 Å². The summed E-state index contributed by atoms with van der Waals surface area (Å²) in [4.78, 5) is 4.16. The van der Waals surface area contributed by atoms with Gasteiger partial charge >= 0.3 is 0 Å². The van der Waals surface area contributed by atoms with Gasteiger partial charge in [0, 0.05) is 13.0 Å². The van der Waals surface area contributed by atoms with E-state index in [4.69, 9.17) is 11.6 Å². The lowest BCUT2D eigenvalue weighted by Crippen LogP contribution is -1.90. The summed E-state index contributed by atoms with van der Waals surface area (Å²) >= 11 is 5.68. The molecule has 2 nitrogen and oxygen atoms in total. The topological polar surface area (TPSA) is 24.9 Å². The van der Waals surface area contributed by atoms with E-state index in [1.165, 1.54) is 0 Å². The molecule has 0 bridgehead atoms. The van der Waals surface area contributed by atoms with Gasteiger partial charge in [-0.05, 0) is 12.1 Å². The number of hydrogen-bond donors (Lipinski definition) is 1. The van der Waals surface area contributed by atoms with E-state index in [1.54, 1.807) is 6.07 Å². The molecule has 1 N–H and O–H groups in total. The average molecular weight is 155 g/mol. The molecule has 1 aliphatic heterocycles. The Morgan fingerprint density at radius 1 is 1.50 bits per heavy atom. The van der Waals surface area contributed by atoms with E-state index in [2.05, 4.69) is 10.3 Å². The first-order valence-corrected chi connectivity index (χ1v) is 3.63. The third kappa shape index (κ3) is 0.847. The van der Waals surface area contributed by atoms with E-state index in [9.17, 15) is 0 Å². The van der Waals surface area contributed by atoms with Gasteiger partial charge in [0.25, 0.3) is 0 Å². The number of fused-ring (bicyclic) bond motifs is 1. The average Bonchev–Trinajstić information content (AvgIpc) is 2.33. The molecule has 0 atom stereocenters. The fraction of sp³-hybridized carbons (Fsp3) is 0.286. The summed E-state index contributed by atoms with van der Waals surface area (Å²) in [6.07, 6.45) is 0.996. The van der Waals surface area contributed by atoms with Crippen LogP contribution in [0.4, 0.5) is 5.69 Å². The molecule has 0 saturated heterocycles. The molecule has 0 spiro atoms. The van der Waals surface area contributed by atoms with Gasteiger partial charge in [0.2, 0.25) is 0 Å². The maximum Gasteiger partial charge on any atom is 0.129 e. The van der Waals surface area contributed by atoms with Crippen LogP contribution in [0.25, 0.3) is 0 Å². The molecule has 1 aromatic rings. The van der Waals surface area contributed by atoms with Crippen LogP contribution in [-0.4, -0.2) is 11.5 Å². The lowest BCUT2D eigenvalue weighted by atomic mass is 10.3. The van der Waals surface area contributed by atoms with Gasteiger partial charge in [-0.15, -0.1) is 0 Å². The summed E-state index contributed by atoms with van der Waals surface area (Å²) in [5, 5.41) is 3.79. The number of halogens is 1. The summed E-state index contributed by atoms with van der Waals surface area (Å²) in [6, 6.07) is 3.77. The van der Waals surface area contributed by atoms with Crippen LogP contribution in [0.1, 0.15) is 5.69 Å². The Hall–Kier alpha value is -0.760. The molecule has 0 fully saturated rings. The zero-order valence-electron chi connectivity index (χ0n) is 5.39. The van der Waals surface area contributed by atoms with Crippen LogP contribution in [0.3, 0.4) is 0 Å². The highest BCUT2D eigenvalue weighted by molar-refractivity contribution is 6.29. The van der Waals surface area contributed by atoms with E-state index in [1.807, 2.05) is 6.07 Å². The molecule has 3 heteroatoms. The molecule has 10 heavy (non-hydrogen) atoms. The first kappa shape index (κ1) is 5.98. The Bertz CT molecular complexity index is 260. The summed E-state index contributed by atoms with van der Waals surface area (Å²) < 4.78 is 0. The summed E-state index contributed by atoms with van der Waals surface area (Å²) in [6.45, 7) is 0.989. The molecule has 1 aliphatic rings. The summed E-state index contributed by atoms with van der Waals surface area (Å²) in [5.74, 6) is 0. The lowest BCUT2D eigenvalue weighted by Gasteiger charge is -1.96. The molecule has 0 amide bonds. The van der Waals surface area contributed by atoms with Gasteiger partial charge < -0.3 is 5.32 Å². The smallest absolute Gasteiger partial charge is 0.129 e.